The van der Waals surface area contributed by atoms with Crippen molar-refractivity contribution < 1.29 is 22.7 Å². The highest BCUT2D eigenvalue weighted by Gasteiger charge is 2.15. The van der Waals surface area contributed by atoms with E-state index in [1.807, 2.05) is 13.8 Å². The molecule has 0 aliphatic heterocycles. The van der Waals surface area contributed by atoms with E-state index in [0.717, 1.165) is 0 Å². The van der Waals surface area contributed by atoms with Crippen LogP contribution in [0.15, 0.2) is 77.7 Å². The van der Waals surface area contributed by atoms with Gasteiger partial charge in [0.25, 0.3) is 15.9 Å². The van der Waals surface area contributed by atoms with Gasteiger partial charge in [-0.25, -0.2) is 8.42 Å². The normalized spacial score (nSPS) is 11.1. The smallest absolute Gasteiger partial charge is 0.261 e. The van der Waals surface area contributed by atoms with Crippen LogP contribution in [0.5, 0.6) is 11.5 Å². The van der Waals surface area contributed by atoms with E-state index >= 15 is 0 Å². The van der Waals surface area contributed by atoms with Crippen LogP contribution in [0.1, 0.15) is 24.2 Å². The molecular formula is C24H26N2O5S. The number of sulfonamides is 1. The summed E-state index contributed by atoms with van der Waals surface area (Å²) in [5, 5.41) is 2.77. The molecule has 0 aliphatic carbocycles. The molecule has 2 N–H and O–H groups in total. The van der Waals surface area contributed by atoms with Gasteiger partial charge in [0.05, 0.1) is 18.6 Å². The molecule has 0 aromatic heterocycles. The van der Waals surface area contributed by atoms with E-state index in [4.69, 9.17) is 9.47 Å². The first kappa shape index (κ1) is 23.1. The largest absolute Gasteiger partial charge is 0.497 e. The molecule has 0 radical (unpaired) electrons. The minimum absolute atomic E-state index is 0.0791. The standard InChI is InChI=1S/C24H26N2O5S/c1-17(2)16-31-22-6-4-5-18(15-22)24(27)25-19-9-13-23(14-10-19)32(28,29)26-20-7-11-21(30-3)12-8-20/h4-15,17,26H,16H2,1-3H3,(H,25,27). The summed E-state index contributed by atoms with van der Waals surface area (Å²) in [5.41, 5.74) is 1.35. The molecule has 0 unspecified atom stereocenters. The molecule has 0 bridgehead atoms. The van der Waals surface area contributed by atoms with Crippen LogP contribution in [0, 0.1) is 5.92 Å². The fourth-order valence-corrected chi connectivity index (χ4v) is 3.84. The Morgan fingerprint density at radius 1 is 0.906 bits per heavy atom. The van der Waals surface area contributed by atoms with Gasteiger partial charge in [-0.3, -0.25) is 9.52 Å². The Hall–Kier alpha value is -3.52. The Morgan fingerprint density at radius 3 is 2.19 bits per heavy atom. The zero-order valence-electron chi connectivity index (χ0n) is 18.2. The molecule has 32 heavy (non-hydrogen) atoms. The average Bonchev–Trinajstić information content (AvgIpc) is 2.78. The predicted molar refractivity (Wildman–Crippen MR) is 125 cm³/mol. The molecular weight excluding hydrogens is 428 g/mol. The van der Waals surface area contributed by atoms with Crippen LogP contribution in [0.4, 0.5) is 11.4 Å². The summed E-state index contributed by atoms with van der Waals surface area (Å²) >= 11 is 0. The monoisotopic (exact) mass is 454 g/mol. The molecule has 0 spiro atoms. The van der Waals surface area contributed by atoms with Gasteiger partial charge in [0, 0.05) is 16.9 Å². The van der Waals surface area contributed by atoms with Crippen molar-refractivity contribution in [1.82, 2.24) is 0 Å². The Labute approximate surface area is 188 Å². The first-order chi connectivity index (χ1) is 15.3. The lowest BCUT2D eigenvalue weighted by molar-refractivity contribution is 0.102. The van der Waals surface area contributed by atoms with Crippen molar-refractivity contribution in [2.45, 2.75) is 18.7 Å². The number of methoxy groups -OCH3 is 1. The number of hydrogen-bond acceptors (Lipinski definition) is 5. The van der Waals surface area contributed by atoms with Gasteiger partial charge in [0.1, 0.15) is 11.5 Å². The predicted octanol–water partition coefficient (Wildman–Crippen LogP) is 4.78. The minimum atomic E-state index is -3.77. The first-order valence-corrected chi connectivity index (χ1v) is 11.6. The van der Waals surface area contributed by atoms with Crippen molar-refractivity contribution in [2.24, 2.45) is 5.92 Å². The van der Waals surface area contributed by atoms with Crippen LogP contribution >= 0.6 is 0 Å². The molecule has 0 atom stereocenters. The van der Waals surface area contributed by atoms with Gasteiger partial charge in [-0.15, -0.1) is 0 Å². The second kappa shape index (κ2) is 10.2. The third kappa shape index (κ3) is 6.24. The number of hydrogen-bond donors (Lipinski definition) is 2. The fraction of sp³-hybridized carbons (Fsp3) is 0.208. The zero-order valence-corrected chi connectivity index (χ0v) is 19.0. The first-order valence-electron chi connectivity index (χ1n) is 10.1. The topological polar surface area (TPSA) is 93.7 Å². The highest BCUT2D eigenvalue weighted by Crippen LogP contribution is 2.21. The molecule has 3 aromatic carbocycles. The number of anilines is 2. The molecule has 0 heterocycles. The summed E-state index contributed by atoms with van der Waals surface area (Å²) in [5.74, 6) is 1.32. The van der Waals surface area contributed by atoms with E-state index in [0.29, 0.717) is 41.0 Å². The minimum Gasteiger partial charge on any atom is -0.497 e. The molecule has 3 aromatic rings. The summed E-state index contributed by atoms with van der Waals surface area (Å²) in [4.78, 5) is 12.7. The Morgan fingerprint density at radius 2 is 1.56 bits per heavy atom. The Balaban J connectivity index is 1.66. The molecule has 8 heteroatoms. The van der Waals surface area contributed by atoms with Crippen LogP contribution in [0.3, 0.4) is 0 Å². The number of ether oxygens (including phenoxy) is 2. The zero-order chi connectivity index (χ0) is 23.1. The maximum atomic E-state index is 12.6. The van der Waals surface area contributed by atoms with E-state index in [9.17, 15) is 13.2 Å². The number of benzene rings is 3. The van der Waals surface area contributed by atoms with Crippen molar-refractivity contribution in [2.75, 3.05) is 23.8 Å². The van der Waals surface area contributed by atoms with Crippen molar-refractivity contribution in [3.63, 3.8) is 0 Å². The number of amides is 1. The Bertz CT molecular complexity index is 1160. The third-order valence-corrected chi connectivity index (χ3v) is 5.84. The number of nitrogens with one attached hydrogen (secondary N) is 2. The number of carbonyl (C=O) groups excluding carboxylic acids is 1. The van der Waals surface area contributed by atoms with Gasteiger partial charge in [-0.2, -0.15) is 0 Å². The molecule has 0 saturated heterocycles. The van der Waals surface area contributed by atoms with Crippen molar-refractivity contribution in [3.8, 4) is 11.5 Å². The molecule has 0 saturated carbocycles. The molecule has 7 nitrogen and oxygen atoms in total. The molecule has 0 aliphatic rings. The van der Waals surface area contributed by atoms with E-state index < -0.39 is 10.0 Å². The van der Waals surface area contributed by atoms with Gasteiger partial charge >= 0.3 is 0 Å². The SMILES string of the molecule is COc1ccc(NS(=O)(=O)c2ccc(NC(=O)c3cccc(OCC(C)C)c3)cc2)cc1. The summed E-state index contributed by atoms with van der Waals surface area (Å²) in [6.45, 7) is 4.66. The van der Waals surface area contributed by atoms with Crippen molar-refractivity contribution >= 4 is 27.3 Å². The van der Waals surface area contributed by atoms with Gasteiger partial charge < -0.3 is 14.8 Å². The summed E-state index contributed by atoms with van der Waals surface area (Å²) in [6.07, 6.45) is 0. The lowest BCUT2D eigenvalue weighted by Crippen LogP contribution is -2.14. The average molecular weight is 455 g/mol. The lowest BCUT2D eigenvalue weighted by Gasteiger charge is -2.11. The van der Waals surface area contributed by atoms with Crippen LogP contribution < -0.4 is 19.5 Å². The summed E-state index contributed by atoms with van der Waals surface area (Å²) < 4.78 is 38.5. The summed E-state index contributed by atoms with van der Waals surface area (Å²) in [6, 6.07) is 19.4. The second-order valence-electron chi connectivity index (χ2n) is 7.55. The van der Waals surface area contributed by atoms with Gasteiger partial charge in [-0.05, 0) is 72.6 Å². The van der Waals surface area contributed by atoms with Crippen molar-refractivity contribution in [3.05, 3.63) is 78.4 Å². The number of carbonyl (C=O) groups is 1. The van der Waals surface area contributed by atoms with E-state index in [-0.39, 0.29) is 10.8 Å². The van der Waals surface area contributed by atoms with Crippen LogP contribution in [-0.4, -0.2) is 28.0 Å². The van der Waals surface area contributed by atoms with E-state index in [2.05, 4.69) is 10.0 Å². The quantitative estimate of drug-likeness (QED) is 0.485. The molecule has 1 amide bonds. The highest BCUT2D eigenvalue weighted by molar-refractivity contribution is 7.92. The molecule has 3 rings (SSSR count). The van der Waals surface area contributed by atoms with Gasteiger partial charge in [0.2, 0.25) is 0 Å². The maximum Gasteiger partial charge on any atom is 0.261 e. The van der Waals surface area contributed by atoms with E-state index in [1.54, 1.807) is 60.7 Å². The van der Waals surface area contributed by atoms with Crippen LogP contribution in [-0.2, 0) is 10.0 Å². The highest BCUT2D eigenvalue weighted by atomic mass is 32.2. The fourth-order valence-electron chi connectivity index (χ4n) is 2.78. The van der Waals surface area contributed by atoms with Gasteiger partial charge in [0.15, 0.2) is 0 Å². The van der Waals surface area contributed by atoms with Gasteiger partial charge in [-0.1, -0.05) is 19.9 Å². The third-order valence-electron chi connectivity index (χ3n) is 4.44. The maximum absolute atomic E-state index is 12.6. The Kier molecular flexibility index (Phi) is 7.37. The van der Waals surface area contributed by atoms with Crippen LogP contribution in [0.25, 0.3) is 0 Å². The molecule has 0 fully saturated rings. The number of rotatable bonds is 9. The van der Waals surface area contributed by atoms with E-state index in [1.165, 1.54) is 19.2 Å². The van der Waals surface area contributed by atoms with Crippen molar-refractivity contribution in [1.29, 1.82) is 0 Å². The summed E-state index contributed by atoms with van der Waals surface area (Å²) in [7, 11) is -2.23. The van der Waals surface area contributed by atoms with Crippen LogP contribution in [0.2, 0.25) is 0 Å². The second-order valence-corrected chi connectivity index (χ2v) is 9.23. The lowest BCUT2D eigenvalue weighted by atomic mass is 10.2. The molecule has 168 valence electrons.